The van der Waals surface area contributed by atoms with Gasteiger partial charge in [-0.05, 0) is 38.3 Å². The Labute approximate surface area is 177 Å². The number of alkyl halides is 3. The molecule has 0 spiro atoms. The molecule has 0 radical (unpaired) electrons. The summed E-state index contributed by atoms with van der Waals surface area (Å²) in [5.41, 5.74) is -0.501. The van der Waals surface area contributed by atoms with Crippen LogP contribution in [0.2, 0.25) is 0 Å². The molecule has 4 rings (SSSR count). The SMILES string of the molecule is CCOC(=O)C1CCN(C(=O)C2CCc3nnc(-c4cccc(C(F)(F)F)c4)n32)CC1. The van der Waals surface area contributed by atoms with E-state index in [2.05, 4.69) is 10.2 Å². The van der Waals surface area contributed by atoms with E-state index in [1.165, 1.54) is 12.1 Å². The fourth-order valence-electron chi connectivity index (χ4n) is 4.29. The normalized spacial score (nSPS) is 19.4. The summed E-state index contributed by atoms with van der Waals surface area (Å²) in [5, 5.41) is 8.18. The minimum atomic E-state index is -4.47. The lowest BCUT2D eigenvalue weighted by Gasteiger charge is -2.33. The van der Waals surface area contributed by atoms with Gasteiger partial charge in [0.05, 0.1) is 18.1 Å². The van der Waals surface area contributed by atoms with Crippen molar-refractivity contribution < 1.29 is 27.5 Å². The summed E-state index contributed by atoms with van der Waals surface area (Å²) in [4.78, 5) is 26.9. The Hall–Kier alpha value is -2.91. The smallest absolute Gasteiger partial charge is 0.416 e. The van der Waals surface area contributed by atoms with Gasteiger partial charge >= 0.3 is 12.1 Å². The fraction of sp³-hybridized carbons (Fsp3) is 0.524. The minimum absolute atomic E-state index is 0.117. The first kappa shape index (κ1) is 21.3. The number of esters is 1. The van der Waals surface area contributed by atoms with Gasteiger partial charge in [-0.1, -0.05) is 12.1 Å². The van der Waals surface area contributed by atoms with Gasteiger partial charge in [-0.15, -0.1) is 10.2 Å². The number of piperidine rings is 1. The zero-order valence-electron chi connectivity index (χ0n) is 17.1. The standard InChI is InChI=1S/C21H23F3N4O3/c1-2-31-20(30)13-8-10-27(11-9-13)19(29)16-6-7-17-25-26-18(28(16)17)14-4-3-5-15(12-14)21(22,23)24/h3-5,12-13,16H,2,6-11H2,1H3. The molecule has 0 bridgehead atoms. The summed E-state index contributed by atoms with van der Waals surface area (Å²) in [7, 11) is 0. The maximum atomic E-state index is 13.2. The third-order valence-corrected chi connectivity index (χ3v) is 5.88. The van der Waals surface area contributed by atoms with E-state index in [1.54, 1.807) is 16.4 Å². The number of ether oxygens (including phenoxy) is 1. The molecule has 1 saturated heterocycles. The number of amides is 1. The molecule has 1 fully saturated rings. The first-order chi connectivity index (χ1) is 14.8. The molecule has 1 aromatic carbocycles. The second kappa shape index (κ2) is 8.32. The molecular weight excluding hydrogens is 413 g/mol. The molecule has 166 valence electrons. The highest BCUT2D eigenvalue weighted by molar-refractivity contribution is 5.82. The predicted molar refractivity (Wildman–Crippen MR) is 104 cm³/mol. The summed E-state index contributed by atoms with van der Waals surface area (Å²) in [6.45, 7) is 2.97. The third kappa shape index (κ3) is 4.15. The average molecular weight is 436 g/mol. The van der Waals surface area contributed by atoms with E-state index < -0.39 is 17.8 Å². The topological polar surface area (TPSA) is 77.3 Å². The van der Waals surface area contributed by atoms with Crippen molar-refractivity contribution in [3.05, 3.63) is 35.7 Å². The van der Waals surface area contributed by atoms with Crippen molar-refractivity contribution in [1.82, 2.24) is 19.7 Å². The quantitative estimate of drug-likeness (QED) is 0.688. The maximum absolute atomic E-state index is 13.2. The molecule has 1 amide bonds. The van der Waals surface area contributed by atoms with Crippen LogP contribution in [0, 0.1) is 5.92 Å². The second-order valence-electron chi connectivity index (χ2n) is 7.79. The molecule has 0 saturated carbocycles. The lowest BCUT2D eigenvalue weighted by Crippen LogP contribution is -2.43. The minimum Gasteiger partial charge on any atom is -0.466 e. The molecule has 2 aliphatic rings. The number of carbonyl (C=O) groups is 2. The molecule has 2 aromatic rings. The number of benzene rings is 1. The van der Waals surface area contributed by atoms with Crippen molar-refractivity contribution in [2.45, 2.75) is 44.8 Å². The number of hydrogen-bond acceptors (Lipinski definition) is 5. The molecule has 0 aliphatic carbocycles. The Balaban J connectivity index is 1.53. The van der Waals surface area contributed by atoms with Crippen LogP contribution in [-0.2, 0) is 26.9 Å². The van der Waals surface area contributed by atoms with Crippen molar-refractivity contribution in [1.29, 1.82) is 0 Å². The second-order valence-corrected chi connectivity index (χ2v) is 7.79. The number of aromatic nitrogens is 3. The first-order valence-corrected chi connectivity index (χ1v) is 10.4. The van der Waals surface area contributed by atoms with Crippen LogP contribution in [0.25, 0.3) is 11.4 Å². The average Bonchev–Trinajstić information content (AvgIpc) is 3.35. The van der Waals surface area contributed by atoms with Crippen molar-refractivity contribution >= 4 is 11.9 Å². The lowest BCUT2D eigenvalue weighted by molar-refractivity contribution is -0.151. The number of carbonyl (C=O) groups excluding carboxylic acids is 2. The number of halogens is 3. The van der Waals surface area contributed by atoms with Gasteiger partial charge in [-0.25, -0.2) is 0 Å². The molecule has 10 heteroatoms. The molecule has 31 heavy (non-hydrogen) atoms. The van der Waals surface area contributed by atoms with Gasteiger partial charge in [-0.3, -0.25) is 14.2 Å². The number of fused-ring (bicyclic) bond motifs is 1. The fourth-order valence-corrected chi connectivity index (χ4v) is 4.29. The summed E-state index contributed by atoms with van der Waals surface area (Å²) < 4.78 is 46.1. The zero-order valence-corrected chi connectivity index (χ0v) is 17.1. The molecule has 1 atom stereocenters. The number of likely N-dealkylation sites (tertiary alicyclic amines) is 1. The summed E-state index contributed by atoms with van der Waals surface area (Å²) in [5.74, 6) is 0.293. The Morgan fingerprint density at radius 1 is 1.16 bits per heavy atom. The Bertz CT molecular complexity index is 980. The van der Waals surface area contributed by atoms with Gasteiger partial charge in [-0.2, -0.15) is 13.2 Å². The largest absolute Gasteiger partial charge is 0.466 e. The summed E-state index contributed by atoms with van der Waals surface area (Å²) in [6.07, 6.45) is -2.35. The monoisotopic (exact) mass is 436 g/mol. The molecule has 7 nitrogen and oxygen atoms in total. The van der Waals surface area contributed by atoms with E-state index in [0.29, 0.717) is 51.2 Å². The van der Waals surface area contributed by atoms with Gasteiger partial charge in [0.15, 0.2) is 5.82 Å². The van der Waals surface area contributed by atoms with Gasteiger partial charge in [0.25, 0.3) is 0 Å². The van der Waals surface area contributed by atoms with E-state index in [1.807, 2.05) is 0 Å². The molecule has 3 heterocycles. The molecular formula is C21H23F3N4O3. The Morgan fingerprint density at radius 2 is 1.90 bits per heavy atom. The van der Waals surface area contributed by atoms with Gasteiger partial charge in [0.1, 0.15) is 11.9 Å². The summed E-state index contributed by atoms with van der Waals surface area (Å²) >= 11 is 0. The number of hydrogen-bond donors (Lipinski definition) is 0. The van der Waals surface area contributed by atoms with Gasteiger partial charge < -0.3 is 9.64 Å². The van der Waals surface area contributed by atoms with Crippen molar-refractivity contribution in [2.24, 2.45) is 5.92 Å². The zero-order chi connectivity index (χ0) is 22.2. The van der Waals surface area contributed by atoms with Crippen molar-refractivity contribution in [3.63, 3.8) is 0 Å². The highest BCUT2D eigenvalue weighted by Gasteiger charge is 2.38. The van der Waals surface area contributed by atoms with Gasteiger partial charge in [0.2, 0.25) is 5.91 Å². The van der Waals surface area contributed by atoms with Crippen LogP contribution in [0.3, 0.4) is 0 Å². The Kier molecular flexibility index (Phi) is 5.72. The third-order valence-electron chi connectivity index (χ3n) is 5.88. The van der Waals surface area contributed by atoms with Crippen LogP contribution in [0.4, 0.5) is 13.2 Å². The number of nitrogens with zero attached hydrogens (tertiary/aromatic N) is 4. The lowest BCUT2D eigenvalue weighted by atomic mass is 9.96. The van der Waals surface area contributed by atoms with E-state index in [0.717, 1.165) is 12.1 Å². The summed E-state index contributed by atoms with van der Waals surface area (Å²) in [6, 6.07) is 4.33. The predicted octanol–water partition coefficient (Wildman–Crippen LogP) is 3.25. The maximum Gasteiger partial charge on any atom is 0.416 e. The van der Waals surface area contributed by atoms with E-state index in [9.17, 15) is 22.8 Å². The van der Waals surface area contributed by atoms with Crippen LogP contribution in [0.15, 0.2) is 24.3 Å². The van der Waals surface area contributed by atoms with E-state index in [4.69, 9.17) is 4.74 Å². The van der Waals surface area contributed by atoms with Crippen LogP contribution in [0.1, 0.15) is 43.6 Å². The number of rotatable bonds is 4. The molecule has 1 aromatic heterocycles. The van der Waals surface area contributed by atoms with Crippen LogP contribution in [0.5, 0.6) is 0 Å². The van der Waals surface area contributed by atoms with Gasteiger partial charge in [0, 0.05) is 25.1 Å². The van der Waals surface area contributed by atoms with Crippen LogP contribution >= 0.6 is 0 Å². The highest BCUT2D eigenvalue weighted by atomic mass is 19.4. The van der Waals surface area contributed by atoms with Crippen molar-refractivity contribution in [2.75, 3.05) is 19.7 Å². The number of aryl methyl sites for hydroxylation is 1. The highest BCUT2D eigenvalue weighted by Crippen LogP contribution is 2.36. The molecule has 1 unspecified atom stereocenters. The molecule has 2 aliphatic heterocycles. The van der Waals surface area contributed by atoms with Crippen LogP contribution < -0.4 is 0 Å². The molecule has 0 N–H and O–H groups in total. The van der Waals surface area contributed by atoms with E-state index in [-0.39, 0.29) is 29.2 Å². The van der Waals surface area contributed by atoms with Crippen molar-refractivity contribution in [3.8, 4) is 11.4 Å². The first-order valence-electron chi connectivity index (χ1n) is 10.4. The van der Waals surface area contributed by atoms with Crippen LogP contribution in [-0.4, -0.2) is 51.2 Å². The van der Waals surface area contributed by atoms with E-state index >= 15 is 0 Å². The Morgan fingerprint density at radius 3 is 2.58 bits per heavy atom.